The van der Waals surface area contributed by atoms with Crippen molar-refractivity contribution < 1.29 is 28.7 Å². The van der Waals surface area contributed by atoms with Crippen LogP contribution in [-0.4, -0.2) is 86.6 Å². The predicted octanol–water partition coefficient (Wildman–Crippen LogP) is -2.67. The van der Waals surface area contributed by atoms with Crippen LogP contribution in [0.2, 0.25) is 0 Å². The molecule has 0 radical (unpaired) electrons. The highest BCUT2D eigenvalue weighted by molar-refractivity contribution is 5.92. The van der Waals surface area contributed by atoms with E-state index in [0.717, 1.165) is 5.56 Å². The first-order valence-electron chi connectivity index (χ1n) is 15.2. The van der Waals surface area contributed by atoms with E-state index in [4.69, 9.17) is 27.7 Å². The van der Waals surface area contributed by atoms with Gasteiger partial charge in [-0.05, 0) is 62.7 Å². The standard InChI is InChI=1S/C29H48N10O6/c30-11-3-1-8-21-27(43)36-18-45-13-10-23(39-29(32)33)26(42)35-17-25(41)34-16-20-7-5-6-19(14-20)15-24(40)37-22(28(44)38-21)9-2-4-12-31/h5-7,14,21-23H,1-4,8-13,15-18,30-31H2,(H,34,41)(H,35,42)(H,36,43)(H,37,40)(H,38,44)(H4,32,33,39)/t21-,22-,23+/m0/s1. The fourth-order valence-electron chi connectivity index (χ4n) is 4.57. The second-order valence-corrected chi connectivity index (χ2v) is 10.7. The molecule has 1 aliphatic heterocycles. The second kappa shape index (κ2) is 20.6. The Balaban J connectivity index is 2.27. The van der Waals surface area contributed by atoms with Crippen molar-refractivity contribution in [3.63, 3.8) is 0 Å². The number of unbranched alkanes of at least 4 members (excludes halogenated alkanes) is 2. The van der Waals surface area contributed by atoms with Gasteiger partial charge in [0.15, 0.2) is 5.96 Å². The molecule has 5 amide bonds. The zero-order valence-electron chi connectivity index (χ0n) is 25.6. The monoisotopic (exact) mass is 632 g/mol. The van der Waals surface area contributed by atoms with Crippen LogP contribution >= 0.6 is 0 Å². The van der Waals surface area contributed by atoms with E-state index in [0.29, 0.717) is 57.2 Å². The van der Waals surface area contributed by atoms with Crippen molar-refractivity contribution in [2.24, 2.45) is 27.9 Å². The molecular formula is C29H48N10O6. The first-order chi connectivity index (χ1) is 21.6. The second-order valence-electron chi connectivity index (χ2n) is 10.7. The summed E-state index contributed by atoms with van der Waals surface area (Å²) >= 11 is 0. The summed E-state index contributed by atoms with van der Waals surface area (Å²) in [5, 5.41) is 13.4. The van der Waals surface area contributed by atoms with Crippen molar-refractivity contribution in [3.05, 3.63) is 35.4 Å². The molecule has 45 heavy (non-hydrogen) atoms. The average Bonchev–Trinajstić information content (AvgIpc) is 3.00. The molecule has 0 saturated heterocycles. The van der Waals surface area contributed by atoms with Gasteiger partial charge in [0.05, 0.1) is 19.6 Å². The number of aliphatic imine (C=N–C) groups is 1. The van der Waals surface area contributed by atoms with Crippen LogP contribution in [0.5, 0.6) is 0 Å². The van der Waals surface area contributed by atoms with Gasteiger partial charge in [-0.1, -0.05) is 24.3 Å². The highest BCUT2D eigenvalue weighted by Crippen LogP contribution is 2.09. The van der Waals surface area contributed by atoms with Crippen LogP contribution in [-0.2, 0) is 41.7 Å². The van der Waals surface area contributed by atoms with Crippen molar-refractivity contribution in [2.45, 2.75) is 76.0 Å². The van der Waals surface area contributed by atoms with Gasteiger partial charge in [-0.3, -0.25) is 24.0 Å². The molecule has 0 aliphatic carbocycles. The molecular weight excluding hydrogens is 584 g/mol. The molecule has 0 fully saturated rings. The van der Waals surface area contributed by atoms with Crippen LogP contribution in [0.15, 0.2) is 29.3 Å². The lowest BCUT2D eigenvalue weighted by atomic mass is 10.0. The molecule has 1 aliphatic rings. The lowest BCUT2D eigenvalue weighted by Gasteiger charge is -2.23. The van der Waals surface area contributed by atoms with Crippen molar-refractivity contribution in [3.8, 4) is 0 Å². The molecule has 2 rings (SSSR count). The van der Waals surface area contributed by atoms with E-state index in [1.165, 1.54) is 0 Å². The number of nitrogens with one attached hydrogen (secondary N) is 5. The van der Waals surface area contributed by atoms with E-state index in [1.54, 1.807) is 24.3 Å². The van der Waals surface area contributed by atoms with Gasteiger partial charge in [0.25, 0.3) is 0 Å². The fourth-order valence-corrected chi connectivity index (χ4v) is 4.57. The SMILES string of the molecule is NCCCC[C@@H]1NC(=O)Cc2cccc(c2)CNC(=O)CNC(=O)[C@H](N=C(N)N)CCOCNC(=O)[C@H](CCCCN)NC1=O. The molecule has 0 spiro atoms. The topological polar surface area (TPSA) is 271 Å². The van der Waals surface area contributed by atoms with Gasteiger partial charge >= 0.3 is 0 Å². The molecule has 0 saturated carbocycles. The molecule has 2 bridgehead atoms. The molecule has 250 valence electrons. The number of carbonyl (C=O) groups is 5. The minimum Gasteiger partial charge on any atom is -0.370 e. The van der Waals surface area contributed by atoms with Crippen molar-refractivity contribution in [1.82, 2.24) is 26.6 Å². The summed E-state index contributed by atoms with van der Waals surface area (Å²) in [5.74, 6) is -2.68. The highest BCUT2D eigenvalue weighted by atomic mass is 16.5. The lowest BCUT2D eigenvalue weighted by Crippen LogP contribution is -2.54. The number of hydrogen-bond acceptors (Lipinski definition) is 9. The summed E-state index contributed by atoms with van der Waals surface area (Å²) in [6.07, 6.45) is 3.22. The van der Waals surface area contributed by atoms with Gasteiger partial charge in [-0.2, -0.15) is 0 Å². The summed E-state index contributed by atoms with van der Waals surface area (Å²) in [7, 11) is 0. The number of ether oxygens (including phenoxy) is 1. The molecule has 0 aromatic heterocycles. The minimum atomic E-state index is -1.03. The highest BCUT2D eigenvalue weighted by Gasteiger charge is 2.27. The number of carbonyl (C=O) groups excluding carboxylic acids is 5. The maximum atomic E-state index is 13.4. The van der Waals surface area contributed by atoms with Gasteiger partial charge in [0, 0.05) is 13.0 Å². The molecule has 1 aromatic rings. The summed E-state index contributed by atoms with van der Waals surface area (Å²) in [6, 6.07) is 4.27. The number of hydrogen-bond donors (Lipinski definition) is 9. The van der Waals surface area contributed by atoms with Crippen LogP contribution in [0.1, 0.15) is 56.1 Å². The van der Waals surface area contributed by atoms with Gasteiger partial charge in [-0.25, -0.2) is 4.99 Å². The Bertz CT molecular complexity index is 1160. The summed E-state index contributed by atoms with van der Waals surface area (Å²) < 4.78 is 5.49. The third-order valence-electron chi connectivity index (χ3n) is 6.94. The maximum absolute atomic E-state index is 13.4. The van der Waals surface area contributed by atoms with E-state index in [1.807, 2.05) is 0 Å². The zero-order chi connectivity index (χ0) is 33.0. The number of amides is 5. The summed E-state index contributed by atoms with van der Waals surface area (Å²) in [5.41, 5.74) is 23.6. The molecule has 0 unspecified atom stereocenters. The molecule has 3 atom stereocenters. The number of benzene rings is 1. The lowest BCUT2D eigenvalue weighted by molar-refractivity contribution is -0.133. The Kier molecular flexibility index (Phi) is 16.9. The smallest absolute Gasteiger partial charge is 0.245 e. The van der Waals surface area contributed by atoms with E-state index in [2.05, 4.69) is 31.6 Å². The molecule has 1 heterocycles. The average molecular weight is 633 g/mol. The Hall–Kier alpha value is -4.28. The van der Waals surface area contributed by atoms with Crippen LogP contribution in [0.4, 0.5) is 0 Å². The molecule has 16 nitrogen and oxygen atoms in total. The Morgan fingerprint density at radius 3 is 2.11 bits per heavy atom. The third kappa shape index (κ3) is 14.8. The van der Waals surface area contributed by atoms with E-state index < -0.39 is 41.8 Å². The van der Waals surface area contributed by atoms with E-state index in [-0.39, 0.29) is 51.1 Å². The maximum Gasteiger partial charge on any atom is 0.245 e. The van der Waals surface area contributed by atoms with Crippen LogP contribution in [0.25, 0.3) is 0 Å². The number of nitrogens with two attached hydrogens (primary N) is 4. The summed E-state index contributed by atoms with van der Waals surface area (Å²) in [4.78, 5) is 68.5. The van der Waals surface area contributed by atoms with Crippen molar-refractivity contribution >= 4 is 35.5 Å². The van der Waals surface area contributed by atoms with Crippen molar-refractivity contribution in [1.29, 1.82) is 0 Å². The van der Waals surface area contributed by atoms with Gasteiger partial charge < -0.3 is 54.3 Å². The zero-order valence-corrected chi connectivity index (χ0v) is 25.6. The quantitative estimate of drug-likeness (QED) is 0.0773. The van der Waals surface area contributed by atoms with Crippen LogP contribution in [0.3, 0.4) is 0 Å². The Morgan fingerprint density at radius 2 is 1.44 bits per heavy atom. The molecule has 1 aromatic carbocycles. The predicted molar refractivity (Wildman–Crippen MR) is 168 cm³/mol. The first kappa shape index (κ1) is 36.9. The molecule has 16 heteroatoms. The van der Waals surface area contributed by atoms with Crippen molar-refractivity contribution in [2.75, 3.05) is 33.0 Å². The normalized spacial score (nSPS) is 21.4. The Labute approximate surface area is 263 Å². The van der Waals surface area contributed by atoms with E-state index in [9.17, 15) is 24.0 Å². The van der Waals surface area contributed by atoms with Crippen LogP contribution < -0.4 is 49.5 Å². The number of nitrogens with zero attached hydrogens (tertiary/aromatic N) is 1. The number of fused-ring (bicyclic) bond motifs is 2. The fraction of sp³-hybridized carbons (Fsp3) is 0.586. The van der Waals surface area contributed by atoms with Crippen LogP contribution in [0, 0.1) is 0 Å². The van der Waals surface area contributed by atoms with E-state index >= 15 is 0 Å². The first-order valence-corrected chi connectivity index (χ1v) is 15.2. The summed E-state index contributed by atoms with van der Waals surface area (Å²) in [6.45, 7) is 0.497. The number of guanidine groups is 1. The van der Waals surface area contributed by atoms with Gasteiger partial charge in [0.2, 0.25) is 29.5 Å². The third-order valence-corrected chi connectivity index (χ3v) is 6.94. The minimum absolute atomic E-state index is 0.00285. The molecule has 13 N–H and O–H groups in total. The largest absolute Gasteiger partial charge is 0.370 e. The Morgan fingerprint density at radius 1 is 0.778 bits per heavy atom. The van der Waals surface area contributed by atoms with Gasteiger partial charge in [-0.15, -0.1) is 0 Å². The van der Waals surface area contributed by atoms with Gasteiger partial charge in [0.1, 0.15) is 24.9 Å². The number of rotatable bonds is 9.